The monoisotopic (exact) mass is 527 g/mol. The number of rotatable bonds is 6. The molecule has 0 aliphatic carbocycles. The summed E-state index contributed by atoms with van der Waals surface area (Å²) in [4.78, 5) is 50.2. The van der Waals surface area contributed by atoms with Gasteiger partial charge in [-0.3, -0.25) is 24.2 Å². The highest BCUT2D eigenvalue weighted by Crippen LogP contribution is 2.30. The summed E-state index contributed by atoms with van der Waals surface area (Å²) in [6, 6.07) is 6.66. The predicted molar refractivity (Wildman–Crippen MR) is 132 cm³/mol. The third kappa shape index (κ3) is 4.50. The molecule has 2 unspecified atom stereocenters. The van der Waals surface area contributed by atoms with Gasteiger partial charge in [-0.05, 0) is 29.8 Å². The number of carboxylic acid groups (broad SMARTS) is 1. The van der Waals surface area contributed by atoms with Crippen LogP contribution in [-0.4, -0.2) is 59.2 Å². The summed E-state index contributed by atoms with van der Waals surface area (Å²) in [5.41, 5.74) is 1.26. The van der Waals surface area contributed by atoms with Gasteiger partial charge in [0.2, 0.25) is 5.95 Å². The van der Waals surface area contributed by atoms with Crippen molar-refractivity contribution in [2.75, 3.05) is 11.9 Å². The summed E-state index contributed by atoms with van der Waals surface area (Å²) in [6.07, 6.45) is 4.48. The number of carbonyl (C=O) groups is 2. The normalized spacial score (nSPS) is 17.4. The van der Waals surface area contributed by atoms with Gasteiger partial charge >= 0.3 is 5.97 Å². The quantitative estimate of drug-likeness (QED) is 0.346. The number of H-pyrrole nitrogens is 1. The molecule has 3 aromatic heterocycles. The highest BCUT2D eigenvalue weighted by Gasteiger charge is 2.41. The number of likely N-dealkylation sites (tertiary alicyclic amines) is 1. The fourth-order valence-electron chi connectivity index (χ4n) is 4.28. The molecule has 5 rings (SSSR count). The van der Waals surface area contributed by atoms with Crippen molar-refractivity contribution in [3.63, 3.8) is 0 Å². The minimum Gasteiger partial charge on any atom is -0.480 e. The zero-order valence-electron chi connectivity index (χ0n) is 18.6. The van der Waals surface area contributed by atoms with Crippen molar-refractivity contribution in [1.82, 2.24) is 29.6 Å². The first kappa shape index (κ1) is 23.8. The van der Waals surface area contributed by atoms with Crippen LogP contribution in [0.5, 0.6) is 0 Å². The minimum absolute atomic E-state index is 0.0751. The van der Waals surface area contributed by atoms with Gasteiger partial charge < -0.3 is 15.3 Å². The third-order valence-electron chi connectivity index (χ3n) is 6.00. The first-order chi connectivity index (χ1) is 17.3. The summed E-state index contributed by atoms with van der Waals surface area (Å²) < 4.78 is 1.44. The third-order valence-corrected chi connectivity index (χ3v) is 6.74. The Balaban J connectivity index is 1.39. The van der Waals surface area contributed by atoms with E-state index in [1.54, 1.807) is 18.2 Å². The molecule has 1 aromatic carbocycles. The Morgan fingerprint density at radius 3 is 2.67 bits per heavy atom. The molecule has 0 bridgehead atoms. The van der Waals surface area contributed by atoms with Crippen LogP contribution in [0.25, 0.3) is 11.0 Å². The molecule has 1 amide bonds. The highest BCUT2D eigenvalue weighted by atomic mass is 35.5. The lowest BCUT2D eigenvalue weighted by Crippen LogP contribution is -2.40. The van der Waals surface area contributed by atoms with E-state index in [1.165, 1.54) is 40.3 Å². The number of carboxylic acids is 1. The highest BCUT2D eigenvalue weighted by molar-refractivity contribution is 6.42. The molecule has 0 spiro atoms. The van der Waals surface area contributed by atoms with Crippen LogP contribution in [0, 0.1) is 0 Å². The summed E-state index contributed by atoms with van der Waals surface area (Å²) in [5.74, 6) is -1.32. The first-order valence-corrected chi connectivity index (χ1v) is 11.7. The maximum Gasteiger partial charge on any atom is 0.326 e. The average Bonchev–Trinajstić information content (AvgIpc) is 3.50. The van der Waals surface area contributed by atoms with Gasteiger partial charge in [0.15, 0.2) is 5.52 Å². The van der Waals surface area contributed by atoms with Gasteiger partial charge in [-0.25, -0.2) is 9.78 Å². The number of amides is 1. The van der Waals surface area contributed by atoms with Crippen LogP contribution in [0.3, 0.4) is 0 Å². The fraction of sp³-hybridized carbons (Fsp3) is 0.217. The lowest BCUT2D eigenvalue weighted by Gasteiger charge is -2.21. The van der Waals surface area contributed by atoms with E-state index in [-0.39, 0.29) is 24.4 Å². The molecule has 4 heterocycles. The molecule has 1 aliphatic rings. The second kappa shape index (κ2) is 9.59. The van der Waals surface area contributed by atoms with Crippen LogP contribution in [0.4, 0.5) is 5.95 Å². The van der Waals surface area contributed by atoms with Crippen LogP contribution >= 0.6 is 23.2 Å². The van der Waals surface area contributed by atoms with Crippen molar-refractivity contribution in [3.8, 4) is 0 Å². The van der Waals surface area contributed by atoms with E-state index in [1.807, 2.05) is 0 Å². The first-order valence-electron chi connectivity index (χ1n) is 10.9. The number of aliphatic carboxylic acids is 1. The fourth-order valence-corrected chi connectivity index (χ4v) is 4.60. The molecule has 11 nitrogen and oxygen atoms in total. The van der Waals surface area contributed by atoms with E-state index >= 15 is 0 Å². The molecule has 1 fully saturated rings. The van der Waals surface area contributed by atoms with Gasteiger partial charge in [-0.1, -0.05) is 29.3 Å². The SMILES string of the molecule is O=C(O)C1CC(n2ncc3nc(NCc4ccc(Cl)c(Cl)c4)[nH]c(=O)c32)CN1C(=O)c1ccncc1. The topological polar surface area (TPSA) is 146 Å². The lowest BCUT2D eigenvalue weighted by atomic mass is 10.1. The van der Waals surface area contributed by atoms with Gasteiger partial charge in [0.1, 0.15) is 11.6 Å². The summed E-state index contributed by atoms with van der Waals surface area (Å²) in [5, 5.41) is 18.0. The molecule has 0 saturated carbocycles. The summed E-state index contributed by atoms with van der Waals surface area (Å²) in [6.45, 7) is 0.417. The van der Waals surface area contributed by atoms with E-state index in [0.29, 0.717) is 27.7 Å². The Kier molecular flexibility index (Phi) is 6.33. The van der Waals surface area contributed by atoms with Gasteiger partial charge in [0, 0.05) is 37.5 Å². The van der Waals surface area contributed by atoms with Crippen molar-refractivity contribution >= 4 is 52.1 Å². The molecular weight excluding hydrogens is 509 g/mol. The van der Waals surface area contributed by atoms with Crippen molar-refractivity contribution in [2.45, 2.75) is 25.0 Å². The number of carbonyl (C=O) groups excluding carboxylic acids is 1. The van der Waals surface area contributed by atoms with Gasteiger partial charge in [-0.2, -0.15) is 5.10 Å². The molecule has 13 heteroatoms. The number of halogens is 2. The average molecular weight is 528 g/mol. The Hall–Kier alpha value is -3.96. The molecule has 2 atom stereocenters. The summed E-state index contributed by atoms with van der Waals surface area (Å²) in [7, 11) is 0. The van der Waals surface area contributed by atoms with E-state index in [4.69, 9.17) is 23.2 Å². The predicted octanol–water partition coefficient (Wildman–Crippen LogP) is 2.97. The molecule has 0 radical (unpaired) electrons. The number of pyridine rings is 1. The van der Waals surface area contributed by atoms with E-state index < -0.39 is 29.5 Å². The van der Waals surface area contributed by atoms with Crippen LogP contribution < -0.4 is 10.9 Å². The van der Waals surface area contributed by atoms with E-state index in [0.717, 1.165) is 5.56 Å². The van der Waals surface area contributed by atoms with Crippen LogP contribution in [0.2, 0.25) is 10.0 Å². The van der Waals surface area contributed by atoms with Crippen LogP contribution in [0.15, 0.2) is 53.7 Å². The molecule has 3 N–H and O–H groups in total. The Bertz CT molecular complexity index is 1520. The number of nitrogens with zero attached hydrogens (tertiary/aromatic N) is 5. The number of aromatic amines is 1. The largest absolute Gasteiger partial charge is 0.480 e. The molecule has 184 valence electrons. The molecule has 1 saturated heterocycles. The van der Waals surface area contributed by atoms with Crippen molar-refractivity contribution in [1.29, 1.82) is 0 Å². The van der Waals surface area contributed by atoms with E-state index in [9.17, 15) is 19.5 Å². The van der Waals surface area contributed by atoms with Crippen molar-refractivity contribution in [2.24, 2.45) is 0 Å². The van der Waals surface area contributed by atoms with Crippen molar-refractivity contribution in [3.05, 3.63) is 80.4 Å². The van der Waals surface area contributed by atoms with Crippen LogP contribution in [0.1, 0.15) is 28.4 Å². The Morgan fingerprint density at radius 1 is 1.17 bits per heavy atom. The molecular formula is C23H19Cl2N7O4. The number of hydrogen-bond acceptors (Lipinski definition) is 7. The van der Waals surface area contributed by atoms with E-state index in [2.05, 4.69) is 25.4 Å². The number of anilines is 1. The second-order valence-corrected chi connectivity index (χ2v) is 9.09. The minimum atomic E-state index is -1.13. The molecule has 1 aliphatic heterocycles. The summed E-state index contributed by atoms with van der Waals surface area (Å²) >= 11 is 12.0. The number of aromatic nitrogens is 5. The number of benzene rings is 1. The Morgan fingerprint density at radius 2 is 1.94 bits per heavy atom. The molecule has 4 aromatic rings. The standard InChI is InChI=1S/C23H19Cl2N7O4/c24-15-2-1-12(7-16(15)25)9-27-23-29-17-10-28-32(19(17)20(33)30-23)14-8-18(22(35)36)31(11-14)21(34)13-3-5-26-6-4-13/h1-7,10,14,18H,8-9,11H2,(H,35,36)(H2,27,29,30,33). The lowest BCUT2D eigenvalue weighted by molar-refractivity contribution is -0.141. The smallest absolute Gasteiger partial charge is 0.326 e. The van der Waals surface area contributed by atoms with Crippen molar-refractivity contribution < 1.29 is 14.7 Å². The maximum absolute atomic E-state index is 13.0. The van der Waals surface area contributed by atoms with Gasteiger partial charge in [-0.15, -0.1) is 0 Å². The Labute approximate surface area is 213 Å². The zero-order valence-corrected chi connectivity index (χ0v) is 20.1. The van der Waals surface area contributed by atoms with Gasteiger partial charge in [0.05, 0.1) is 22.3 Å². The maximum atomic E-state index is 13.0. The number of hydrogen-bond donors (Lipinski definition) is 3. The van der Waals surface area contributed by atoms with Crippen LogP contribution in [-0.2, 0) is 11.3 Å². The number of nitrogens with one attached hydrogen (secondary N) is 2. The number of fused-ring (bicyclic) bond motifs is 1. The second-order valence-electron chi connectivity index (χ2n) is 8.28. The molecule has 36 heavy (non-hydrogen) atoms. The zero-order chi connectivity index (χ0) is 25.4. The van der Waals surface area contributed by atoms with Gasteiger partial charge in [0.25, 0.3) is 11.5 Å².